The highest BCUT2D eigenvalue weighted by Crippen LogP contribution is 2.32. The number of amides is 1. The van der Waals surface area contributed by atoms with E-state index in [0.717, 1.165) is 24.2 Å². The predicted molar refractivity (Wildman–Crippen MR) is 65.4 cm³/mol. The third-order valence-corrected chi connectivity index (χ3v) is 2.79. The van der Waals surface area contributed by atoms with Crippen LogP contribution in [0.3, 0.4) is 0 Å². The first-order valence-electron chi connectivity index (χ1n) is 6.00. The molecule has 0 aliphatic heterocycles. The number of carbonyl (C=O) groups is 1. The van der Waals surface area contributed by atoms with Gasteiger partial charge in [-0.2, -0.15) is 0 Å². The summed E-state index contributed by atoms with van der Waals surface area (Å²) in [6.45, 7) is 4.19. The highest BCUT2D eigenvalue weighted by molar-refractivity contribution is 5.92. The van der Waals surface area contributed by atoms with Gasteiger partial charge in [0.05, 0.1) is 6.10 Å². The Morgan fingerprint density at radius 3 is 2.76 bits per heavy atom. The second-order valence-electron chi connectivity index (χ2n) is 4.66. The van der Waals surface area contributed by atoms with Crippen LogP contribution in [-0.4, -0.2) is 24.0 Å². The summed E-state index contributed by atoms with van der Waals surface area (Å²) in [5.41, 5.74) is 1.47. The van der Waals surface area contributed by atoms with Crippen molar-refractivity contribution in [2.24, 2.45) is 0 Å². The first-order chi connectivity index (χ1) is 8.11. The molecule has 1 aromatic rings. The van der Waals surface area contributed by atoms with Crippen LogP contribution in [0.25, 0.3) is 0 Å². The van der Waals surface area contributed by atoms with Crippen molar-refractivity contribution < 1.29 is 9.53 Å². The number of pyridine rings is 1. The Bertz CT molecular complexity index is 425. The van der Waals surface area contributed by atoms with E-state index < -0.39 is 0 Å². The largest absolute Gasteiger partial charge is 0.490 e. The number of hydrogen-bond acceptors (Lipinski definition) is 3. The maximum atomic E-state index is 11.5. The number of nitrogens with one attached hydrogen (secondary N) is 1. The summed E-state index contributed by atoms with van der Waals surface area (Å²) in [4.78, 5) is 15.7. The topological polar surface area (TPSA) is 51.2 Å². The Labute approximate surface area is 101 Å². The van der Waals surface area contributed by atoms with Crippen LogP contribution in [0, 0.1) is 0 Å². The number of rotatable bonds is 4. The fourth-order valence-corrected chi connectivity index (χ4v) is 1.60. The van der Waals surface area contributed by atoms with E-state index in [0.29, 0.717) is 17.7 Å². The van der Waals surface area contributed by atoms with Crippen LogP contribution in [0.15, 0.2) is 12.3 Å². The lowest BCUT2D eigenvalue weighted by Gasteiger charge is -2.14. The van der Waals surface area contributed by atoms with Crippen molar-refractivity contribution in [3.8, 4) is 5.75 Å². The maximum Gasteiger partial charge on any atom is 0.269 e. The molecular weight excluding hydrogens is 216 g/mol. The minimum Gasteiger partial charge on any atom is -0.490 e. The molecule has 1 N–H and O–H groups in total. The molecule has 0 spiro atoms. The van der Waals surface area contributed by atoms with E-state index in [1.54, 1.807) is 19.3 Å². The summed E-state index contributed by atoms with van der Waals surface area (Å²) in [5, 5.41) is 2.57. The molecule has 0 atom stereocenters. The Hall–Kier alpha value is -1.58. The van der Waals surface area contributed by atoms with Crippen LogP contribution in [-0.2, 0) is 0 Å². The summed E-state index contributed by atoms with van der Waals surface area (Å²) >= 11 is 0. The van der Waals surface area contributed by atoms with E-state index in [2.05, 4.69) is 24.1 Å². The highest BCUT2D eigenvalue weighted by atomic mass is 16.5. The molecule has 0 bridgehead atoms. The van der Waals surface area contributed by atoms with E-state index in [1.165, 1.54) is 0 Å². The van der Waals surface area contributed by atoms with Gasteiger partial charge in [0, 0.05) is 24.9 Å². The number of carbonyl (C=O) groups excluding carboxylic acids is 1. The zero-order valence-corrected chi connectivity index (χ0v) is 10.5. The molecule has 1 amide bonds. The monoisotopic (exact) mass is 234 g/mol. The lowest BCUT2D eigenvalue weighted by atomic mass is 10.0. The fourth-order valence-electron chi connectivity index (χ4n) is 1.60. The molecule has 0 unspecified atom stereocenters. The predicted octanol–water partition coefficient (Wildman–Crippen LogP) is 2.11. The molecular formula is C13H18N2O2. The van der Waals surface area contributed by atoms with Gasteiger partial charge < -0.3 is 10.1 Å². The van der Waals surface area contributed by atoms with Gasteiger partial charge >= 0.3 is 0 Å². The lowest BCUT2D eigenvalue weighted by molar-refractivity contribution is 0.0957. The van der Waals surface area contributed by atoms with E-state index in [1.807, 2.05) is 0 Å². The molecule has 1 aromatic heterocycles. The molecule has 17 heavy (non-hydrogen) atoms. The van der Waals surface area contributed by atoms with Crippen LogP contribution in [0.5, 0.6) is 5.75 Å². The Kier molecular flexibility index (Phi) is 3.31. The summed E-state index contributed by atoms with van der Waals surface area (Å²) in [5.74, 6) is 0.965. The fraction of sp³-hybridized carbons (Fsp3) is 0.538. The second kappa shape index (κ2) is 4.73. The molecule has 1 heterocycles. The van der Waals surface area contributed by atoms with Gasteiger partial charge in [0.15, 0.2) is 0 Å². The quantitative estimate of drug-likeness (QED) is 0.868. The van der Waals surface area contributed by atoms with Gasteiger partial charge in [0.1, 0.15) is 11.4 Å². The lowest BCUT2D eigenvalue weighted by Crippen LogP contribution is -2.19. The van der Waals surface area contributed by atoms with Crippen LogP contribution >= 0.6 is 0 Å². The standard InChI is InChI=1S/C13H18N2O2/c1-8(2)10-7-15-11(13(16)14-3)6-12(10)17-9-4-5-9/h6-9H,4-5H2,1-3H3,(H,14,16). The minimum absolute atomic E-state index is 0.180. The molecule has 0 aromatic carbocycles. The zero-order chi connectivity index (χ0) is 12.4. The van der Waals surface area contributed by atoms with Gasteiger partial charge in [-0.1, -0.05) is 13.8 Å². The van der Waals surface area contributed by atoms with Gasteiger partial charge in [0.25, 0.3) is 5.91 Å². The smallest absolute Gasteiger partial charge is 0.269 e. The van der Waals surface area contributed by atoms with E-state index in [9.17, 15) is 4.79 Å². The van der Waals surface area contributed by atoms with Crippen LogP contribution in [0.4, 0.5) is 0 Å². The second-order valence-corrected chi connectivity index (χ2v) is 4.66. The molecule has 4 heteroatoms. The first-order valence-corrected chi connectivity index (χ1v) is 6.00. The highest BCUT2D eigenvalue weighted by Gasteiger charge is 2.25. The summed E-state index contributed by atoms with van der Waals surface area (Å²) in [6, 6.07) is 1.74. The van der Waals surface area contributed by atoms with Gasteiger partial charge in [-0.15, -0.1) is 0 Å². The summed E-state index contributed by atoms with van der Waals surface area (Å²) in [7, 11) is 1.60. The van der Waals surface area contributed by atoms with Crippen molar-refractivity contribution in [3.63, 3.8) is 0 Å². The van der Waals surface area contributed by atoms with Crippen molar-refractivity contribution in [1.82, 2.24) is 10.3 Å². The van der Waals surface area contributed by atoms with Gasteiger partial charge in [-0.3, -0.25) is 9.78 Å². The molecule has 92 valence electrons. The molecule has 4 nitrogen and oxygen atoms in total. The molecule has 1 aliphatic rings. The Balaban J connectivity index is 2.30. The molecule has 2 rings (SSSR count). The van der Waals surface area contributed by atoms with E-state index in [4.69, 9.17) is 4.74 Å². The molecule has 0 radical (unpaired) electrons. The average Bonchev–Trinajstić information content (AvgIpc) is 3.11. The average molecular weight is 234 g/mol. The molecule has 0 saturated heterocycles. The third-order valence-electron chi connectivity index (χ3n) is 2.79. The Morgan fingerprint density at radius 2 is 2.24 bits per heavy atom. The normalized spacial score (nSPS) is 14.8. The third kappa shape index (κ3) is 2.75. The Morgan fingerprint density at radius 1 is 1.53 bits per heavy atom. The van der Waals surface area contributed by atoms with Gasteiger partial charge in [-0.25, -0.2) is 0 Å². The maximum absolute atomic E-state index is 11.5. The van der Waals surface area contributed by atoms with Crippen LogP contribution in [0.2, 0.25) is 0 Å². The van der Waals surface area contributed by atoms with E-state index in [-0.39, 0.29) is 5.91 Å². The SMILES string of the molecule is CNC(=O)c1cc(OC2CC2)c(C(C)C)cn1. The zero-order valence-electron chi connectivity index (χ0n) is 10.5. The van der Waals surface area contributed by atoms with Crippen molar-refractivity contribution in [1.29, 1.82) is 0 Å². The molecule has 1 aliphatic carbocycles. The van der Waals surface area contributed by atoms with Crippen molar-refractivity contribution >= 4 is 5.91 Å². The minimum atomic E-state index is -0.180. The number of nitrogens with zero attached hydrogens (tertiary/aromatic N) is 1. The summed E-state index contributed by atoms with van der Waals surface area (Å²) < 4.78 is 5.83. The van der Waals surface area contributed by atoms with E-state index >= 15 is 0 Å². The number of aromatic nitrogens is 1. The van der Waals surface area contributed by atoms with Gasteiger partial charge in [0.2, 0.25) is 0 Å². The van der Waals surface area contributed by atoms with Crippen molar-refractivity contribution in [3.05, 3.63) is 23.5 Å². The van der Waals surface area contributed by atoms with Crippen molar-refractivity contribution in [2.75, 3.05) is 7.05 Å². The molecule has 1 saturated carbocycles. The first kappa shape index (κ1) is 11.9. The number of ether oxygens (including phenoxy) is 1. The summed E-state index contributed by atoms with van der Waals surface area (Å²) in [6.07, 6.45) is 4.28. The molecule has 1 fully saturated rings. The van der Waals surface area contributed by atoms with Gasteiger partial charge in [-0.05, 0) is 18.8 Å². The number of hydrogen-bond donors (Lipinski definition) is 1. The van der Waals surface area contributed by atoms with Crippen LogP contribution in [0.1, 0.15) is 48.7 Å². The van der Waals surface area contributed by atoms with Crippen molar-refractivity contribution in [2.45, 2.75) is 38.7 Å². The van der Waals surface area contributed by atoms with Crippen LogP contribution < -0.4 is 10.1 Å².